The first-order valence-corrected chi connectivity index (χ1v) is 13.4. The van der Waals surface area contributed by atoms with Crippen LogP contribution in [-0.2, 0) is 0 Å². The minimum absolute atomic E-state index is 0.0226. The molecule has 6 nitrogen and oxygen atoms in total. The summed E-state index contributed by atoms with van der Waals surface area (Å²) >= 11 is 0. The summed E-state index contributed by atoms with van der Waals surface area (Å²) in [6, 6.07) is 10.3. The minimum atomic E-state index is -0.596. The van der Waals surface area contributed by atoms with Gasteiger partial charge < -0.3 is 9.64 Å². The van der Waals surface area contributed by atoms with Gasteiger partial charge in [0.25, 0.3) is 0 Å². The standard InChI is InChI=1S/C30H29F2N5O/c31-23-11-5-9-20-8-4-10-21(24(20)23)26-25(32)27-22(18-33-26)28(36-14-2-1-3-15-36)35-29(34-27)38-19-30-12-6-16-37(30)17-7-13-30/h1-2,4-5,8-11,18H,3,6-7,12-17,19H2. The highest BCUT2D eigenvalue weighted by Gasteiger charge is 2.45. The highest BCUT2D eigenvalue weighted by Crippen LogP contribution is 2.40. The first-order chi connectivity index (χ1) is 18.6. The lowest BCUT2D eigenvalue weighted by Crippen LogP contribution is -2.43. The average molecular weight is 514 g/mol. The molecular formula is C30H29F2N5O. The number of fused-ring (bicyclic) bond motifs is 3. The smallest absolute Gasteiger partial charge is 0.319 e. The average Bonchev–Trinajstić information content (AvgIpc) is 3.53. The molecule has 0 amide bonds. The maximum atomic E-state index is 16.3. The summed E-state index contributed by atoms with van der Waals surface area (Å²) in [5.41, 5.74) is 0.633. The summed E-state index contributed by atoms with van der Waals surface area (Å²) in [5.74, 6) is -0.395. The van der Waals surface area contributed by atoms with E-state index in [0.717, 1.165) is 38.9 Å². The Labute approximate surface area is 220 Å². The van der Waals surface area contributed by atoms with E-state index in [1.807, 2.05) is 12.1 Å². The first kappa shape index (κ1) is 23.5. The van der Waals surface area contributed by atoms with Gasteiger partial charge in [0.05, 0.1) is 10.9 Å². The molecule has 2 aromatic heterocycles. The molecule has 0 bridgehead atoms. The van der Waals surface area contributed by atoms with Crippen LogP contribution < -0.4 is 9.64 Å². The number of pyridine rings is 1. The molecule has 5 heterocycles. The number of nitrogens with zero attached hydrogens (tertiary/aromatic N) is 5. The summed E-state index contributed by atoms with van der Waals surface area (Å²) in [7, 11) is 0. The molecule has 0 radical (unpaired) electrons. The number of benzene rings is 2. The van der Waals surface area contributed by atoms with Gasteiger partial charge in [0.2, 0.25) is 0 Å². The van der Waals surface area contributed by atoms with Crippen molar-refractivity contribution in [1.29, 1.82) is 0 Å². The van der Waals surface area contributed by atoms with E-state index in [2.05, 4.69) is 31.9 Å². The van der Waals surface area contributed by atoms with Crippen LogP contribution in [0.1, 0.15) is 32.1 Å². The van der Waals surface area contributed by atoms with Gasteiger partial charge in [-0.15, -0.1) is 0 Å². The van der Waals surface area contributed by atoms with E-state index in [9.17, 15) is 4.39 Å². The molecule has 3 aliphatic rings. The van der Waals surface area contributed by atoms with Gasteiger partial charge in [-0.3, -0.25) is 9.88 Å². The van der Waals surface area contributed by atoms with Gasteiger partial charge in [-0.25, -0.2) is 8.78 Å². The van der Waals surface area contributed by atoms with Crippen molar-refractivity contribution in [3.63, 3.8) is 0 Å². The van der Waals surface area contributed by atoms with Gasteiger partial charge in [0.15, 0.2) is 5.82 Å². The monoisotopic (exact) mass is 513 g/mol. The largest absolute Gasteiger partial charge is 0.461 e. The third-order valence-electron chi connectivity index (χ3n) is 8.39. The molecular weight excluding hydrogens is 484 g/mol. The van der Waals surface area contributed by atoms with Crippen molar-refractivity contribution in [2.75, 3.05) is 37.7 Å². The van der Waals surface area contributed by atoms with E-state index in [1.165, 1.54) is 18.9 Å². The van der Waals surface area contributed by atoms with Crippen molar-refractivity contribution in [2.24, 2.45) is 0 Å². The van der Waals surface area contributed by atoms with E-state index >= 15 is 4.39 Å². The summed E-state index contributed by atoms with van der Waals surface area (Å²) in [5, 5.41) is 1.55. The van der Waals surface area contributed by atoms with Crippen LogP contribution in [0.3, 0.4) is 0 Å². The zero-order valence-electron chi connectivity index (χ0n) is 21.2. The molecule has 7 rings (SSSR count). The zero-order chi connectivity index (χ0) is 25.7. The normalized spacial score (nSPS) is 18.9. The fraction of sp³-hybridized carbons (Fsp3) is 0.367. The quantitative estimate of drug-likeness (QED) is 0.310. The van der Waals surface area contributed by atoms with Crippen LogP contribution in [0.5, 0.6) is 6.01 Å². The number of halogens is 2. The van der Waals surface area contributed by atoms with Crippen molar-refractivity contribution >= 4 is 27.5 Å². The maximum Gasteiger partial charge on any atom is 0.319 e. The highest BCUT2D eigenvalue weighted by molar-refractivity contribution is 5.99. The molecule has 0 unspecified atom stereocenters. The van der Waals surface area contributed by atoms with E-state index in [-0.39, 0.29) is 22.8 Å². The number of anilines is 1. The Morgan fingerprint density at radius 2 is 1.76 bits per heavy atom. The summed E-state index contributed by atoms with van der Waals surface area (Å²) in [6.07, 6.45) is 11.2. The predicted octanol–water partition coefficient (Wildman–Crippen LogP) is 5.90. The molecule has 0 aliphatic carbocycles. The van der Waals surface area contributed by atoms with Gasteiger partial charge in [0, 0.05) is 30.2 Å². The van der Waals surface area contributed by atoms with Crippen LogP contribution in [0, 0.1) is 11.6 Å². The molecule has 0 spiro atoms. The number of rotatable bonds is 5. The van der Waals surface area contributed by atoms with Gasteiger partial charge in [-0.2, -0.15) is 9.97 Å². The Kier molecular flexibility index (Phi) is 5.73. The van der Waals surface area contributed by atoms with E-state index in [4.69, 9.17) is 9.72 Å². The van der Waals surface area contributed by atoms with Crippen molar-refractivity contribution in [3.8, 4) is 17.3 Å². The van der Waals surface area contributed by atoms with Gasteiger partial charge in [0.1, 0.15) is 29.5 Å². The summed E-state index contributed by atoms with van der Waals surface area (Å²) < 4.78 is 37.5. The van der Waals surface area contributed by atoms with Gasteiger partial charge >= 0.3 is 6.01 Å². The van der Waals surface area contributed by atoms with E-state index in [1.54, 1.807) is 24.4 Å². The topological polar surface area (TPSA) is 54.4 Å². The molecule has 2 aromatic carbocycles. The van der Waals surface area contributed by atoms with Crippen molar-refractivity contribution in [1.82, 2.24) is 19.9 Å². The van der Waals surface area contributed by atoms with Crippen LogP contribution in [0.25, 0.3) is 32.9 Å². The van der Waals surface area contributed by atoms with E-state index < -0.39 is 11.6 Å². The van der Waals surface area contributed by atoms with Crippen molar-refractivity contribution in [3.05, 3.63) is 66.4 Å². The first-order valence-electron chi connectivity index (χ1n) is 13.4. The van der Waals surface area contributed by atoms with Crippen LogP contribution in [-0.4, -0.2) is 58.2 Å². The second-order valence-electron chi connectivity index (χ2n) is 10.6. The van der Waals surface area contributed by atoms with Gasteiger partial charge in [-0.05, 0) is 56.6 Å². The Balaban J connectivity index is 1.36. The minimum Gasteiger partial charge on any atom is -0.461 e. The Morgan fingerprint density at radius 3 is 2.55 bits per heavy atom. The second-order valence-corrected chi connectivity index (χ2v) is 10.6. The van der Waals surface area contributed by atoms with Gasteiger partial charge in [-0.1, -0.05) is 42.5 Å². The highest BCUT2D eigenvalue weighted by atomic mass is 19.1. The lowest BCUT2D eigenvalue weighted by molar-refractivity contribution is 0.108. The van der Waals surface area contributed by atoms with Crippen molar-refractivity contribution < 1.29 is 13.5 Å². The van der Waals surface area contributed by atoms with E-state index in [0.29, 0.717) is 40.7 Å². The fourth-order valence-corrected chi connectivity index (χ4v) is 6.50. The molecule has 2 saturated heterocycles. The Hall–Kier alpha value is -3.65. The SMILES string of the molecule is Fc1c(-c2cccc3cccc(F)c23)ncc2c(N3CC=CCC3)nc(OCC34CCCN3CCC4)nc12. The molecule has 8 heteroatoms. The molecule has 0 N–H and O–H groups in total. The number of hydrogen-bond donors (Lipinski definition) is 0. The Bertz CT molecular complexity index is 1560. The van der Waals surface area contributed by atoms with Crippen molar-refractivity contribution in [2.45, 2.75) is 37.6 Å². The lowest BCUT2D eigenvalue weighted by Gasteiger charge is -2.31. The second kappa shape index (κ2) is 9.27. The van der Waals surface area contributed by atoms with Crippen LogP contribution >= 0.6 is 0 Å². The molecule has 3 aliphatic heterocycles. The van der Waals surface area contributed by atoms with Crippen LogP contribution in [0.4, 0.5) is 14.6 Å². The molecule has 0 atom stereocenters. The molecule has 38 heavy (non-hydrogen) atoms. The summed E-state index contributed by atoms with van der Waals surface area (Å²) in [4.78, 5) is 18.5. The molecule has 194 valence electrons. The molecule has 2 fully saturated rings. The number of aromatic nitrogens is 3. The molecule has 0 saturated carbocycles. The number of hydrogen-bond acceptors (Lipinski definition) is 6. The fourth-order valence-electron chi connectivity index (χ4n) is 6.50. The van der Waals surface area contributed by atoms with Crippen LogP contribution in [0.15, 0.2) is 54.7 Å². The predicted molar refractivity (Wildman–Crippen MR) is 144 cm³/mol. The third-order valence-corrected chi connectivity index (χ3v) is 8.39. The third kappa shape index (κ3) is 3.81. The Morgan fingerprint density at radius 1 is 0.947 bits per heavy atom. The lowest BCUT2D eigenvalue weighted by atomic mass is 9.95. The zero-order valence-corrected chi connectivity index (χ0v) is 21.2. The molecule has 4 aromatic rings. The number of ether oxygens (including phenoxy) is 1. The summed E-state index contributed by atoms with van der Waals surface area (Å²) in [6.45, 7) is 4.11. The maximum absolute atomic E-state index is 16.3. The van der Waals surface area contributed by atoms with Crippen LogP contribution in [0.2, 0.25) is 0 Å².